The summed E-state index contributed by atoms with van der Waals surface area (Å²) in [4.78, 5) is 14.1. The minimum Gasteiger partial charge on any atom is -0.338 e. The van der Waals surface area contributed by atoms with Gasteiger partial charge in [0.05, 0.1) is 4.90 Å². The maximum atomic E-state index is 12.9. The summed E-state index contributed by atoms with van der Waals surface area (Å²) in [5, 5.41) is 0. The maximum absolute atomic E-state index is 12.9. The molecule has 2 aromatic rings. The standard InChI is InChI=1S/C21H26N2O3S/c1-15-11-16(2)21(17(3)12-15)27(25,26)22-13-18-7-4-5-8-19(18)14-23-10-6-9-20(23)24/h4-5,7-8,11-12,22H,6,9-10,13-14H2,1-3H3. The SMILES string of the molecule is Cc1cc(C)c(S(=O)(=O)NCc2ccccc2CN2CCCC2=O)c(C)c1. The summed E-state index contributed by atoms with van der Waals surface area (Å²) in [7, 11) is -3.62. The highest BCUT2D eigenvalue weighted by Gasteiger charge is 2.22. The molecule has 5 nitrogen and oxygen atoms in total. The molecular formula is C21H26N2O3S. The zero-order valence-electron chi connectivity index (χ0n) is 16.1. The van der Waals surface area contributed by atoms with Gasteiger partial charge in [0.25, 0.3) is 0 Å². The second-order valence-corrected chi connectivity index (χ2v) is 8.94. The van der Waals surface area contributed by atoms with E-state index in [0.29, 0.717) is 17.9 Å². The number of rotatable bonds is 6. The number of carbonyl (C=O) groups excluding carboxylic acids is 1. The fourth-order valence-corrected chi connectivity index (χ4v) is 5.25. The van der Waals surface area contributed by atoms with Crippen LogP contribution < -0.4 is 4.72 Å². The van der Waals surface area contributed by atoms with E-state index in [2.05, 4.69) is 4.72 Å². The highest BCUT2D eigenvalue weighted by atomic mass is 32.2. The summed E-state index contributed by atoms with van der Waals surface area (Å²) < 4.78 is 28.5. The van der Waals surface area contributed by atoms with Gasteiger partial charge in [-0.05, 0) is 49.4 Å². The molecule has 6 heteroatoms. The van der Waals surface area contributed by atoms with Gasteiger partial charge in [0.1, 0.15) is 0 Å². The quantitative estimate of drug-likeness (QED) is 0.829. The van der Waals surface area contributed by atoms with Gasteiger partial charge in [-0.2, -0.15) is 0 Å². The van der Waals surface area contributed by atoms with Crippen LogP contribution in [0, 0.1) is 20.8 Å². The van der Waals surface area contributed by atoms with Crippen molar-refractivity contribution in [2.24, 2.45) is 0 Å². The maximum Gasteiger partial charge on any atom is 0.241 e. The summed E-state index contributed by atoms with van der Waals surface area (Å²) >= 11 is 0. The van der Waals surface area contributed by atoms with Crippen molar-refractivity contribution < 1.29 is 13.2 Å². The summed E-state index contributed by atoms with van der Waals surface area (Å²) in [5.41, 5.74) is 4.41. The Labute approximate surface area is 161 Å². The molecule has 0 saturated carbocycles. The smallest absolute Gasteiger partial charge is 0.241 e. The molecular weight excluding hydrogens is 360 g/mol. The Kier molecular flexibility index (Phi) is 5.67. The second-order valence-electron chi connectivity index (χ2n) is 7.24. The lowest BCUT2D eigenvalue weighted by molar-refractivity contribution is -0.128. The molecule has 1 aliphatic heterocycles. The number of hydrogen-bond acceptors (Lipinski definition) is 3. The molecule has 0 spiro atoms. The van der Waals surface area contributed by atoms with Gasteiger partial charge < -0.3 is 4.90 Å². The molecule has 0 unspecified atom stereocenters. The molecule has 0 aliphatic carbocycles. The van der Waals surface area contributed by atoms with Crippen LogP contribution in [0.2, 0.25) is 0 Å². The first-order valence-electron chi connectivity index (χ1n) is 9.20. The monoisotopic (exact) mass is 386 g/mol. The number of carbonyl (C=O) groups is 1. The van der Waals surface area contributed by atoms with Crippen molar-refractivity contribution in [2.45, 2.75) is 51.6 Å². The largest absolute Gasteiger partial charge is 0.338 e. The number of amides is 1. The fourth-order valence-electron chi connectivity index (χ4n) is 3.80. The van der Waals surface area contributed by atoms with Crippen LogP contribution in [-0.4, -0.2) is 25.8 Å². The molecule has 0 aromatic heterocycles. The van der Waals surface area contributed by atoms with Gasteiger partial charge >= 0.3 is 0 Å². The normalized spacial score (nSPS) is 14.8. The van der Waals surface area contributed by atoms with Crippen LogP contribution in [0.1, 0.15) is 40.7 Å². The lowest BCUT2D eigenvalue weighted by Gasteiger charge is -2.19. The highest BCUT2D eigenvalue weighted by Crippen LogP contribution is 2.22. The molecule has 1 amide bonds. The fraction of sp³-hybridized carbons (Fsp3) is 0.381. The molecule has 0 radical (unpaired) electrons. The van der Waals surface area contributed by atoms with Gasteiger partial charge in [-0.15, -0.1) is 0 Å². The number of hydrogen-bond donors (Lipinski definition) is 1. The summed E-state index contributed by atoms with van der Waals surface area (Å²) in [5.74, 6) is 0.163. The van der Waals surface area contributed by atoms with Crippen LogP contribution in [-0.2, 0) is 27.9 Å². The van der Waals surface area contributed by atoms with Crippen molar-refractivity contribution in [3.05, 3.63) is 64.2 Å². The lowest BCUT2D eigenvalue weighted by Crippen LogP contribution is -2.27. The summed E-state index contributed by atoms with van der Waals surface area (Å²) in [6, 6.07) is 11.4. The Hall–Kier alpha value is -2.18. The van der Waals surface area contributed by atoms with E-state index in [-0.39, 0.29) is 12.5 Å². The van der Waals surface area contributed by atoms with Crippen LogP contribution >= 0.6 is 0 Å². The molecule has 1 N–H and O–H groups in total. The Balaban J connectivity index is 1.80. The Bertz CT molecular complexity index is 944. The lowest BCUT2D eigenvalue weighted by atomic mass is 10.1. The van der Waals surface area contributed by atoms with E-state index < -0.39 is 10.0 Å². The van der Waals surface area contributed by atoms with Crippen molar-refractivity contribution in [1.82, 2.24) is 9.62 Å². The molecule has 0 atom stereocenters. The molecule has 1 heterocycles. The van der Waals surface area contributed by atoms with E-state index in [1.807, 2.05) is 62.1 Å². The second kappa shape index (κ2) is 7.82. The molecule has 1 aliphatic rings. The number of aryl methyl sites for hydroxylation is 3. The first kappa shape index (κ1) is 19.6. The van der Waals surface area contributed by atoms with Gasteiger partial charge in [-0.25, -0.2) is 13.1 Å². The summed E-state index contributed by atoms with van der Waals surface area (Å²) in [6.07, 6.45) is 1.49. The van der Waals surface area contributed by atoms with Crippen LogP contribution in [0.5, 0.6) is 0 Å². The van der Waals surface area contributed by atoms with E-state index in [1.165, 1.54) is 0 Å². The van der Waals surface area contributed by atoms with Gasteiger partial charge in [0, 0.05) is 26.1 Å². The Morgan fingerprint density at radius 1 is 1.04 bits per heavy atom. The minimum absolute atomic E-state index is 0.163. The number of nitrogens with one attached hydrogen (secondary N) is 1. The number of sulfonamides is 1. The van der Waals surface area contributed by atoms with E-state index in [4.69, 9.17) is 0 Å². The van der Waals surface area contributed by atoms with Gasteiger partial charge in [0.2, 0.25) is 15.9 Å². The van der Waals surface area contributed by atoms with Gasteiger partial charge in [-0.3, -0.25) is 4.79 Å². The number of likely N-dealkylation sites (tertiary alicyclic amines) is 1. The van der Waals surface area contributed by atoms with Crippen molar-refractivity contribution in [2.75, 3.05) is 6.54 Å². The zero-order chi connectivity index (χ0) is 19.6. The molecule has 0 bridgehead atoms. The van der Waals surface area contributed by atoms with Crippen LogP contribution in [0.4, 0.5) is 0 Å². The van der Waals surface area contributed by atoms with Gasteiger partial charge in [-0.1, -0.05) is 42.0 Å². The highest BCUT2D eigenvalue weighted by molar-refractivity contribution is 7.89. The molecule has 1 saturated heterocycles. The number of benzene rings is 2. The van der Waals surface area contributed by atoms with Crippen molar-refractivity contribution in [3.63, 3.8) is 0 Å². The predicted molar refractivity (Wildman–Crippen MR) is 106 cm³/mol. The Morgan fingerprint density at radius 2 is 1.67 bits per heavy atom. The first-order valence-corrected chi connectivity index (χ1v) is 10.7. The third-order valence-corrected chi connectivity index (χ3v) is 6.68. The first-order chi connectivity index (χ1) is 12.8. The average Bonchev–Trinajstić information content (AvgIpc) is 2.98. The van der Waals surface area contributed by atoms with Crippen molar-refractivity contribution >= 4 is 15.9 Å². The summed E-state index contributed by atoms with van der Waals surface area (Å²) in [6.45, 7) is 7.09. The van der Waals surface area contributed by atoms with Crippen LogP contribution in [0.25, 0.3) is 0 Å². The van der Waals surface area contributed by atoms with E-state index in [9.17, 15) is 13.2 Å². The molecule has 1 fully saturated rings. The predicted octanol–water partition coefficient (Wildman–Crippen LogP) is 3.21. The third-order valence-electron chi connectivity index (χ3n) is 4.98. The van der Waals surface area contributed by atoms with E-state index in [1.54, 1.807) is 0 Å². The van der Waals surface area contributed by atoms with Crippen LogP contribution in [0.3, 0.4) is 0 Å². The molecule has 27 heavy (non-hydrogen) atoms. The van der Waals surface area contributed by atoms with Gasteiger partial charge in [0.15, 0.2) is 0 Å². The number of nitrogens with zero attached hydrogens (tertiary/aromatic N) is 1. The third kappa shape index (κ3) is 4.39. The van der Waals surface area contributed by atoms with E-state index in [0.717, 1.165) is 40.8 Å². The topological polar surface area (TPSA) is 66.5 Å². The molecule has 144 valence electrons. The molecule has 2 aromatic carbocycles. The average molecular weight is 387 g/mol. The Morgan fingerprint density at radius 3 is 2.26 bits per heavy atom. The van der Waals surface area contributed by atoms with Crippen molar-refractivity contribution in [3.8, 4) is 0 Å². The minimum atomic E-state index is -3.62. The van der Waals surface area contributed by atoms with E-state index >= 15 is 0 Å². The molecule has 3 rings (SSSR count). The van der Waals surface area contributed by atoms with Crippen LogP contribution in [0.15, 0.2) is 41.3 Å². The van der Waals surface area contributed by atoms with Crippen molar-refractivity contribution in [1.29, 1.82) is 0 Å². The zero-order valence-corrected chi connectivity index (χ0v) is 16.9.